The van der Waals surface area contributed by atoms with Crippen LogP contribution in [-0.4, -0.2) is 38.8 Å². The molecule has 0 fully saturated rings. The van der Waals surface area contributed by atoms with Crippen LogP contribution in [0.1, 0.15) is 25.0 Å². The van der Waals surface area contributed by atoms with E-state index in [4.69, 9.17) is 25.8 Å². The number of carbonyl (C=O) groups is 1. The van der Waals surface area contributed by atoms with E-state index < -0.39 is 6.29 Å². The zero-order chi connectivity index (χ0) is 17.2. The SMILES string of the molecule is CCOC(CNC(=O)NCOc1cc(C)c(Cl)c(C)c1)OCC. The molecule has 130 valence electrons. The summed E-state index contributed by atoms with van der Waals surface area (Å²) in [4.78, 5) is 11.7. The first-order valence-corrected chi connectivity index (χ1v) is 8.00. The monoisotopic (exact) mass is 344 g/mol. The first-order chi connectivity index (χ1) is 11.0. The summed E-state index contributed by atoms with van der Waals surface area (Å²) in [7, 11) is 0. The van der Waals surface area contributed by atoms with Crippen molar-refractivity contribution in [3.63, 3.8) is 0 Å². The van der Waals surface area contributed by atoms with Gasteiger partial charge in [0.25, 0.3) is 0 Å². The fourth-order valence-electron chi connectivity index (χ4n) is 1.95. The summed E-state index contributed by atoms with van der Waals surface area (Å²) in [6.45, 7) is 8.92. The molecule has 0 atom stereocenters. The molecular weight excluding hydrogens is 320 g/mol. The van der Waals surface area contributed by atoms with Gasteiger partial charge in [0.1, 0.15) is 5.75 Å². The van der Waals surface area contributed by atoms with Crippen LogP contribution in [0.3, 0.4) is 0 Å². The van der Waals surface area contributed by atoms with Crippen molar-refractivity contribution in [2.75, 3.05) is 26.5 Å². The maximum absolute atomic E-state index is 11.7. The van der Waals surface area contributed by atoms with Crippen LogP contribution in [0.5, 0.6) is 5.75 Å². The lowest BCUT2D eigenvalue weighted by molar-refractivity contribution is -0.131. The van der Waals surface area contributed by atoms with Crippen LogP contribution in [0.2, 0.25) is 5.02 Å². The summed E-state index contributed by atoms with van der Waals surface area (Å²) in [6.07, 6.45) is -0.446. The van der Waals surface area contributed by atoms with E-state index >= 15 is 0 Å². The van der Waals surface area contributed by atoms with E-state index in [9.17, 15) is 4.79 Å². The summed E-state index contributed by atoms with van der Waals surface area (Å²) < 4.78 is 16.2. The van der Waals surface area contributed by atoms with E-state index in [0.717, 1.165) is 16.1 Å². The van der Waals surface area contributed by atoms with Gasteiger partial charge >= 0.3 is 6.03 Å². The zero-order valence-corrected chi connectivity index (χ0v) is 14.8. The minimum Gasteiger partial charge on any atom is -0.473 e. The Balaban J connectivity index is 2.33. The quantitative estimate of drug-likeness (QED) is 0.676. The molecule has 1 aromatic carbocycles. The third-order valence-corrected chi connectivity index (χ3v) is 3.61. The fourth-order valence-corrected chi connectivity index (χ4v) is 2.06. The maximum Gasteiger partial charge on any atom is 0.317 e. The summed E-state index contributed by atoms with van der Waals surface area (Å²) in [5, 5.41) is 6.00. The summed E-state index contributed by atoms with van der Waals surface area (Å²) in [5.41, 5.74) is 1.87. The number of carbonyl (C=O) groups excluding carboxylic acids is 1. The molecule has 0 spiro atoms. The third-order valence-electron chi connectivity index (χ3n) is 3.02. The van der Waals surface area contributed by atoms with Gasteiger partial charge in [-0.3, -0.25) is 0 Å². The molecule has 0 radical (unpaired) electrons. The van der Waals surface area contributed by atoms with Crippen LogP contribution < -0.4 is 15.4 Å². The molecule has 0 heterocycles. The Kier molecular flexibility index (Phi) is 8.76. The number of aryl methyl sites for hydroxylation is 2. The molecule has 6 nitrogen and oxygen atoms in total. The number of hydrogen-bond donors (Lipinski definition) is 2. The van der Waals surface area contributed by atoms with Crippen molar-refractivity contribution in [1.29, 1.82) is 0 Å². The van der Waals surface area contributed by atoms with Crippen LogP contribution in [0.4, 0.5) is 4.79 Å². The molecule has 1 aromatic rings. The molecule has 23 heavy (non-hydrogen) atoms. The van der Waals surface area contributed by atoms with Crippen molar-refractivity contribution in [2.45, 2.75) is 34.0 Å². The van der Waals surface area contributed by atoms with Crippen molar-refractivity contribution in [1.82, 2.24) is 10.6 Å². The van der Waals surface area contributed by atoms with Gasteiger partial charge in [-0.15, -0.1) is 0 Å². The lowest BCUT2D eigenvalue weighted by Gasteiger charge is -2.17. The number of rotatable bonds is 9. The van der Waals surface area contributed by atoms with Gasteiger partial charge in [-0.25, -0.2) is 4.79 Å². The predicted octanol–water partition coefficient (Wildman–Crippen LogP) is 2.99. The molecule has 0 aliphatic rings. The number of amides is 2. The Labute approximate surface area is 142 Å². The predicted molar refractivity (Wildman–Crippen MR) is 90.0 cm³/mol. The molecule has 0 unspecified atom stereocenters. The molecule has 0 aliphatic carbocycles. The van der Waals surface area contributed by atoms with E-state index in [1.54, 1.807) is 0 Å². The van der Waals surface area contributed by atoms with Crippen LogP contribution in [0, 0.1) is 13.8 Å². The summed E-state index contributed by atoms with van der Waals surface area (Å²) in [6, 6.07) is 3.31. The molecule has 0 bridgehead atoms. The van der Waals surface area contributed by atoms with E-state index in [0.29, 0.717) is 19.0 Å². The average molecular weight is 345 g/mol. The van der Waals surface area contributed by atoms with Crippen LogP contribution in [0.15, 0.2) is 12.1 Å². The van der Waals surface area contributed by atoms with Gasteiger partial charge in [0.15, 0.2) is 13.0 Å². The minimum absolute atomic E-state index is 0.0558. The summed E-state index contributed by atoms with van der Waals surface area (Å²) >= 11 is 6.10. The molecule has 2 N–H and O–H groups in total. The number of hydrogen-bond acceptors (Lipinski definition) is 4. The van der Waals surface area contributed by atoms with Crippen LogP contribution >= 0.6 is 11.6 Å². The van der Waals surface area contributed by atoms with Gasteiger partial charge in [-0.1, -0.05) is 11.6 Å². The van der Waals surface area contributed by atoms with Gasteiger partial charge in [0.2, 0.25) is 0 Å². The number of urea groups is 1. The highest BCUT2D eigenvalue weighted by Crippen LogP contribution is 2.25. The Hall–Kier alpha value is -1.50. The highest BCUT2D eigenvalue weighted by Gasteiger charge is 2.10. The topological polar surface area (TPSA) is 68.8 Å². The minimum atomic E-state index is -0.446. The van der Waals surface area contributed by atoms with Crippen molar-refractivity contribution in [3.8, 4) is 5.75 Å². The highest BCUT2D eigenvalue weighted by molar-refractivity contribution is 6.32. The van der Waals surface area contributed by atoms with Gasteiger partial charge in [-0.05, 0) is 51.0 Å². The number of ether oxygens (including phenoxy) is 3. The normalized spacial score (nSPS) is 10.7. The van der Waals surface area contributed by atoms with Gasteiger partial charge in [-0.2, -0.15) is 0 Å². The largest absolute Gasteiger partial charge is 0.473 e. The second-order valence-corrected chi connectivity index (χ2v) is 5.26. The molecule has 7 heteroatoms. The Morgan fingerprint density at radius 1 is 1.13 bits per heavy atom. The van der Waals surface area contributed by atoms with Crippen LogP contribution in [0.25, 0.3) is 0 Å². The molecule has 0 aliphatic heterocycles. The van der Waals surface area contributed by atoms with Crippen molar-refractivity contribution >= 4 is 17.6 Å². The molecular formula is C16H25ClN2O4. The number of nitrogens with one attached hydrogen (secondary N) is 2. The van der Waals surface area contributed by atoms with Gasteiger partial charge < -0.3 is 24.8 Å². The average Bonchev–Trinajstić information content (AvgIpc) is 2.50. The van der Waals surface area contributed by atoms with Crippen molar-refractivity contribution in [2.24, 2.45) is 0 Å². The van der Waals surface area contributed by atoms with E-state index in [-0.39, 0.29) is 19.3 Å². The lowest BCUT2D eigenvalue weighted by atomic mass is 10.1. The number of halogens is 1. The molecule has 0 aromatic heterocycles. The standard InChI is InChI=1S/C16H25ClN2O4/c1-5-21-14(22-6-2)9-18-16(20)19-10-23-13-7-11(3)15(17)12(4)8-13/h7-8,14H,5-6,9-10H2,1-4H3,(H2,18,19,20). The molecule has 0 saturated heterocycles. The third kappa shape index (κ3) is 7.07. The number of benzene rings is 1. The Morgan fingerprint density at radius 2 is 1.70 bits per heavy atom. The first-order valence-electron chi connectivity index (χ1n) is 7.62. The molecule has 0 saturated carbocycles. The molecule has 2 amide bonds. The van der Waals surface area contributed by atoms with Crippen LogP contribution in [-0.2, 0) is 9.47 Å². The maximum atomic E-state index is 11.7. The summed E-state index contributed by atoms with van der Waals surface area (Å²) in [5.74, 6) is 0.659. The fraction of sp³-hybridized carbons (Fsp3) is 0.562. The molecule has 1 rings (SSSR count). The van der Waals surface area contributed by atoms with E-state index in [1.165, 1.54) is 0 Å². The second kappa shape index (κ2) is 10.3. The van der Waals surface area contributed by atoms with Gasteiger partial charge in [0, 0.05) is 18.2 Å². The Bertz CT molecular complexity index is 482. The first kappa shape index (κ1) is 19.5. The highest BCUT2D eigenvalue weighted by atomic mass is 35.5. The van der Waals surface area contributed by atoms with E-state index in [2.05, 4.69) is 10.6 Å². The van der Waals surface area contributed by atoms with Gasteiger partial charge in [0.05, 0.1) is 6.54 Å². The Morgan fingerprint density at radius 3 is 2.22 bits per heavy atom. The van der Waals surface area contributed by atoms with Crippen molar-refractivity contribution < 1.29 is 19.0 Å². The lowest BCUT2D eigenvalue weighted by Crippen LogP contribution is -2.42. The zero-order valence-electron chi connectivity index (χ0n) is 14.1. The van der Waals surface area contributed by atoms with Crippen molar-refractivity contribution in [3.05, 3.63) is 28.3 Å². The second-order valence-electron chi connectivity index (χ2n) is 4.89. The smallest absolute Gasteiger partial charge is 0.317 e. The van der Waals surface area contributed by atoms with E-state index in [1.807, 2.05) is 39.8 Å².